The van der Waals surface area contributed by atoms with Crippen molar-refractivity contribution in [3.8, 4) is 0 Å². The fraction of sp³-hybridized carbons (Fsp3) is 0.267. The predicted octanol–water partition coefficient (Wildman–Crippen LogP) is 4.58. The minimum atomic E-state index is -4.44. The van der Waals surface area contributed by atoms with Crippen LogP contribution in [0.15, 0.2) is 47.1 Å². The van der Waals surface area contributed by atoms with Gasteiger partial charge >= 0.3 is 12.2 Å². The standard InChI is InChI=1S/C15H13F3N2O2S/c16-15(17,18)10-3-1-4-11(9-10)19-14(21)20-6-8-23-13(20)12-5-2-7-22-12/h1-5,7,9,13H,6,8H2,(H,19,21). The Balaban J connectivity index is 1.74. The van der Waals surface area contributed by atoms with Gasteiger partial charge in [0.15, 0.2) is 0 Å². The Hall–Kier alpha value is -2.09. The molecule has 1 atom stereocenters. The third-order valence-electron chi connectivity index (χ3n) is 3.38. The lowest BCUT2D eigenvalue weighted by Gasteiger charge is -2.22. The second-order valence-corrected chi connectivity index (χ2v) is 6.13. The van der Waals surface area contributed by atoms with Gasteiger partial charge in [-0.25, -0.2) is 4.79 Å². The van der Waals surface area contributed by atoms with Crippen LogP contribution in [0.25, 0.3) is 0 Å². The Bertz CT molecular complexity index is 688. The van der Waals surface area contributed by atoms with Crippen molar-refractivity contribution in [2.75, 3.05) is 17.6 Å². The number of hydrogen-bond acceptors (Lipinski definition) is 3. The molecule has 2 aromatic rings. The van der Waals surface area contributed by atoms with Crippen LogP contribution in [0.2, 0.25) is 0 Å². The first-order chi connectivity index (χ1) is 10.9. The van der Waals surface area contributed by atoms with Gasteiger partial charge in [-0.05, 0) is 30.3 Å². The van der Waals surface area contributed by atoms with E-state index in [0.717, 1.165) is 17.9 Å². The molecule has 0 saturated carbocycles. The molecule has 1 saturated heterocycles. The topological polar surface area (TPSA) is 45.5 Å². The molecule has 1 fully saturated rings. The van der Waals surface area contributed by atoms with Crippen LogP contribution in [-0.2, 0) is 6.18 Å². The van der Waals surface area contributed by atoms with Gasteiger partial charge in [-0.3, -0.25) is 0 Å². The third kappa shape index (κ3) is 3.47. The summed E-state index contributed by atoms with van der Waals surface area (Å²) in [5, 5.41) is 2.25. The molecule has 1 aromatic heterocycles. The Labute approximate surface area is 134 Å². The zero-order chi connectivity index (χ0) is 16.4. The minimum Gasteiger partial charge on any atom is -0.466 e. The van der Waals surface area contributed by atoms with Crippen LogP contribution in [0.5, 0.6) is 0 Å². The number of benzene rings is 1. The fourth-order valence-electron chi connectivity index (χ4n) is 2.31. The van der Waals surface area contributed by atoms with Gasteiger partial charge in [-0.1, -0.05) is 6.07 Å². The molecule has 23 heavy (non-hydrogen) atoms. The summed E-state index contributed by atoms with van der Waals surface area (Å²) in [6.07, 6.45) is -2.92. The highest BCUT2D eigenvalue weighted by Crippen LogP contribution is 2.38. The van der Waals surface area contributed by atoms with E-state index in [0.29, 0.717) is 12.3 Å². The highest BCUT2D eigenvalue weighted by atomic mass is 32.2. The first-order valence-corrected chi connectivity index (χ1v) is 7.90. The summed E-state index contributed by atoms with van der Waals surface area (Å²) in [7, 11) is 0. The van der Waals surface area contributed by atoms with Gasteiger partial charge in [-0.2, -0.15) is 13.2 Å². The summed E-state index contributed by atoms with van der Waals surface area (Å²) in [5.74, 6) is 1.38. The Morgan fingerprint density at radius 1 is 1.30 bits per heavy atom. The Morgan fingerprint density at radius 3 is 2.83 bits per heavy atom. The molecule has 122 valence electrons. The van der Waals surface area contributed by atoms with Gasteiger partial charge in [0.25, 0.3) is 0 Å². The predicted molar refractivity (Wildman–Crippen MR) is 81.1 cm³/mol. The number of amides is 2. The molecule has 0 radical (unpaired) electrons. The van der Waals surface area contributed by atoms with E-state index >= 15 is 0 Å². The largest absolute Gasteiger partial charge is 0.466 e. The van der Waals surface area contributed by atoms with Crippen LogP contribution >= 0.6 is 11.8 Å². The number of carbonyl (C=O) groups is 1. The van der Waals surface area contributed by atoms with Crippen LogP contribution < -0.4 is 5.32 Å². The number of hydrogen-bond donors (Lipinski definition) is 1. The summed E-state index contributed by atoms with van der Waals surface area (Å²) in [6, 6.07) is 7.64. The number of carbonyl (C=O) groups excluding carboxylic acids is 1. The highest BCUT2D eigenvalue weighted by molar-refractivity contribution is 7.99. The van der Waals surface area contributed by atoms with Gasteiger partial charge in [0.2, 0.25) is 0 Å². The van der Waals surface area contributed by atoms with Crippen LogP contribution in [0, 0.1) is 0 Å². The molecule has 0 bridgehead atoms. The van der Waals surface area contributed by atoms with E-state index in [2.05, 4.69) is 5.32 Å². The van der Waals surface area contributed by atoms with Gasteiger partial charge in [-0.15, -0.1) is 11.8 Å². The molecule has 4 nitrogen and oxygen atoms in total. The number of thioether (sulfide) groups is 1. The van der Waals surface area contributed by atoms with Crippen LogP contribution in [0.3, 0.4) is 0 Å². The Kier molecular flexibility index (Phi) is 4.25. The number of halogens is 3. The molecule has 2 amide bonds. The maximum atomic E-state index is 12.7. The van der Waals surface area contributed by atoms with Crippen molar-refractivity contribution in [1.82, 2.24) is 4.90 Å². The SMILES string of the molecule is O=C(Nc1cccc(C(F)(F)F)c1)N1CCSC1c1ccco1. The summed E-state index contributed by atoms with van der Waals surface area (Å²) < 4.78 is 43.5. The molecule has 1 N–H and O–H groups in total. The summed E-state index contributed by atoms with van der Waals surface area (Å²) in [6.45, 7) is 0.501. The van der Waals surface area contributed by atoms with E-state index < -0.39 is 17.8 Å². The third-order valence-corrected chi connectivity index (χ3v) is 4.60. The van der Waals surface area contributed by atoms with Gasteiger partial charge < -0.3 is 14.6 Å². The molecule has 1 unspecified atom stereocenters. The maximum Gasteiger partial charge on any atom is 0.416 e. The van der Waals surface area contributed by atoms with Gasteiger partial charge in [0, 0.05) is 18.0 Å². The molecule has 1 aliphatic rings. The smallest absolute Gasteiger partial charge is 0.416 e. The monoisotopic (exact) mass is 342 g/mol. The number of nitrogens with one attached hydrogen (secondary N) is 1. The number of alkyl halides is 3. The van der Waals surface area contributed by atoms with Crippen LogP contribution in [0.4, 0.5) is 23.7 Å². The fourth-order valence-corrected chi connectivity index (χ4v) is 3.52. The lowest BCUT2D eigenvalue weighted by Crippen LogP contribution is -2.34. The quantitative estimate of drug-likeness (QED) is 0.869. The van der Waals surface area contributed by atoms with E-state index in [1.54, 1.807) is 28.8 Å². The van der Waals surface area contributed by atoms with E-state index in [1.165, 1.54) is 18.4 Å². The van der Waals surface area contributed by atoms with Gasteiger partial charge in [0.05, 0.1) is 11.8 Å². The van der Waals surface area contributed by atoms with E-state index in [4.69, 9.17) is 4.42 Å². The average molecular weight is 342 g/mol. The number of nitrogens with zero attached hydrogens (tertiary/aromatic N) is 1. The summed E-state index contributed by atoms with van der Waals surface area (Å²) in [5.41, 5.74) is -0.686. The highest BCUT2D eigenvalue weighted by Gasteiger charge is 2.33. The lowest BCUT2D eigenvalue weighted by molar-refractivity contribution is -0.137. The average Bonchev–Trinajstić information content (AvgIpc) is 3.17. The van der Waals surface area contributed by atoms with Crippen molar-refractivity contribution in [3.05, 3.63) is 54.0 Å². The number of rotatable bonds is 2. The molecule has 3 rings (SSSR count). The van der Waals surface area contributed by atoms with Crippen molar-refractivity contribution in [3.63, 3.8) is 0 Å². The molecule has 2 heterocycles. The number of anilines is 1. The van der Waals surface area contributed by atoms with E-state index in [-0.39, 0.29) is 11.1 Å². The van der Waals surface area contributed by atoms with E-state index in [1.807, 2.05) is 0 Å². The molecular weight excluding hydrogens is 329 g/mol. The zero-order valence-corrected chi connectivity index (χ0v) is 12.7. The molecule has 0 spiro atoms. The molecule has 0 aliphatic carbocycles. The Morgan fingerprint density at radius 2 is 2.13 bits per heavy atom. The number of furan rings is 1. The normalized spacial score (nSPS) is 18.2. The zero-order valence-electron chi connectivity index (χ0n) is 11.8. The van der Waals surface area contributed by atoms with Crippen molar-refractivity contribution in [2.24, 2.45) is 0 Å². The first-order valence-electron chi connectivity index (χ1n) is 6.85. The summed E-state index contributed by atoms with van der Waals surface area (Å²) in [4.78, 5) is 13.9. The van der Waals surface area contributed by atoms with Crippen molar-refractivity contribution in [1.29, 1.82) is 0 Å². The minimum absolute atomic E-state index is 0.111. The molecular formula is C15H13F3N2O2S. The lowest BCUT2D eigenvalue weighted by atomic mass is 10.2. The summed E-state index contributed by atoms with van der Waals surface area (Å²) >= 11 is 1.55. The first kappa shape index (κ1) is 15.8. The number of urea groups is 1. The molecule has 8 heteroatoms. The second-order valence-electron chi connectivity index (χ2n) is 4.94. The van der Waals surface area contributed by atoms with Crippen molar-refractivity contribution >= 4 is 23.5 Å². The van der Waals surface area contributed by atoms with Crippen molar-refractivity contribution < 1.29 is 22.4 Å². The van der Waals surface area contributed by atoms with Gasteiger partial charge in [0.1, 0.15) is 11.1 Å². The maximum absolute atomic E-state index is 12.7. The molecule has 1 aliphatic heterocycles. The second kappa shape index (κ2) is 6.19. The van der Waals surface area contributed by atoms with E-state index in [9.17, 15) is 18.0 Å². The van der Waals surface area contributed by atoms with Crippen LogP contribution in [0.1, 0.15) is 16.7 Å². The van der Waals surface area contributed by atoms with Crippen molar-refractivity contribution in [2.45, 2.75) is 11.6 Å². The molecule has 1 aromatic carbocycles. The van der Waals surface area contributed by atoms with Crippen LogP contribution in [-0.4, -0.2) is 23.2 Å².